The molecular weight excluding hydrogens is 274 g/mol. The molecule has 1 aliphatic heterocycles. The van der Waals surface area contributed by atoms with Crippen LogP contribution in [0.5, 0.6) is 0 Å². The maximum atomic E-state index is 11.5. The Morgan fingerprint density at radius 2 is 2.29 bits per heavy atom. The van der Waals surface area contributed by atoms with Crippen molar-refractivity contribution in [2.75, 3.05) is 38.2 Å². The molecule has 0 amide bonds. The van der Waals surface area contributed by atoms with E-state index in [0.29, 0.717) is 31.2 Å². The molecule has 2 rings (SSSR count). The zero-order chi connectivity index (χ0) is 15.6. The van der Waals surface area contributed by atoms with Crippen molar-refractivity contribution in [2.45, 2.75) is 25.9 Å². The van der Waals surface area contributed by atoms with Crippen molar-refractivity contribution in [3.05, 3.63) is 15.8 Å². The molecule has 1 aromatic heterocycles. The van der Waals surface area contributed by atoms with Gasteiger partial charge in [0.05, 0.1) is 17.6 Å². The standard InChI is InChI=1S/C13H23N5O3/c1-9(2)11-12(18(19)20)13(16(4)15-11)17-5-6-21-10(8-17)7-14-3/h9-10,14H,5-8H2,1-4H3. The van der Waals surface area contributed by atoms with Gasteiger partial charge >= 0.3 is 5.69 Å². The number of hydrogen-bond acceptors (Lipinski definition) is 6. The van der Waals surface area contributed by atoms with E-state index < -0.39 is 0 Å². The summed E-state index contributed by atoms with van der Waals surface area (Å²) in [6.45, 7) is 6.38. The van der Waals surface area contributed by atoms with Gasteiger partial charge in [-0.1, -0.05) is 13.8 Å². The van der Waals surface area contributed by atoms with Gasteiger partial charge in [0.1, 0.15) is 5.69 Å². The quantitative estimate of drug-likeness (QED) is 0.641. The summed E-state index contributed by atoms with van der Waals surface area (Å²) >= 11 is 0. The van der Waals surface area contributed by atoms with E-state index in [1.54, 1.807) is 11.7 Å². The molecule has 21 heavy (non-hydrogen) atoms. The minimum Gasteiger partial charge on any atom is -0.373 e. The first kappa shape index (κ1) is 15.7. The highest BCUT2D eigenvalue weighted by Gasteiger charge is 2.34. The number of nitrogens with one attached hydrogen (secondary N) is 1. The summed E-state index contributed by atoms with van der Waals surface area (Å²) < 4.78 is 7.28. The summed E-state index contributed by atoms with van der Waals surface area (Å²) in [5.41, 5.74) is 0.659. The van der Waals surface area contributed by atoms with Crippen LogP contribution in [0.2, 0.25) is 0 Å². The van der Waals surface area contributed by atoms with Gasteiger partial charge in [-0.05, 0) is 7.05 Å². The third-order valence-corrected chi connectivity index (χ3v) is 3.62. The molecule has 118 valence electrons. The van der Waals surface area contributed by atoms with E-state index in [0.717, 1.165) is 6.54 Å². The van der Waals surface area contributed by atoms with Crippen LogP contribution in [0.3, 0.4) is 0 Å². The van der Waals surface area contributed by atoms with Crippen LogP contribution >= 0.6 is 0 Å². The topological polar surface area (TPSA) is 85.5 Å². The summed E-state index contributed by atoms with van der Waals surface area (Å²) in [6, 6.07) is 0. The maximum absolute atomic E-state index is 11.5. The Morgan fingerprint density at radius 1 is 1.57 bits per heavy atom. The molecule has 0 aliphatic carbocycles. The average Bonchev–Trinajstić information content (AvgIpc) is 2.77. The minimum atomic E-state index is -0.319. The van der Waals surface area contributed by atoms with Crippen LogP contribution in [0.1, 0.15) is 25.5 Å². The SMILES string of the molecule is CNCC1CN(c2c([N+](=O)[O-])c(C(C)C)nn2C)CCO1. The van der Waals surface area contributed by atoms with Gasteiger partial charge in [-0.25, -0.2) is 4.68 Å². The molecule has 2 heterocycles. The van der Waals surface area contributed by atoms with Gasteiger partial charge in [-0.3, -0.25) is 10.1 Å². The Labute approximate surface area is 124 Å². The number of morpholine rings is 1. The highest BCUT2D eigenvalue weighted by molar-refractivity contribution is 5.62. The highest BCUT2D eigenvalue weighted by Crippen LogP contribution is 2.35. The first-order valence-electron chi connectivity index (χ1n) is 7.18. The predicted molar refractivity (Wildman–Crippen MR) is 79.8 cm³/mol. The number of anilines is 1. The van der Waals surface area contributed by atoms with Crippen LogP contribution in [0.4, 0.5) is 11.5 Å². The van der Waals surface area contributed by atoms with Crippen molar-refractivity contribution >= 4 is 11.5 Å². The number of aryl methyl sites for hydroxylation is 1. The number of nitro groups is 1. The predicted octanol–water partition coefficient (Wildman–Crippen LogP) is 0.876. The van der Waals surface area contributed by atoms with E-state index in [1.165, 1.54) is 0 Å². The molecule has 1 aliphatic rings. The van der Waals surface area contributed by atoms with Gasteiger partial charge in [0, 0.05) is 32.6 Å². The molecule has 0 bridgehead atoms. The molecule has 1 saturated heterocycles. The third-order valence-electron chi connectivity index (χ3n) is 3.62. The average molecular weight is 297 g/mol. The Morgan fingerprint density at radius 3 is 2.86 bits per heavy atom. The number of rotatable bonds is 5. The normalized spacial score (nSPS) is 19.3. The van der Waals surface area contributed by atoms with Gasteiger partial charge in [0.2, 0.25) is 5.82 Å². The molecule has 1 N–H and O–H groups in total. The van der Waals surface area contributed by atoms with Crippen molar-refractivity contribution in [3.8, 4) is 0 Å². The van der Waals surface area contributed by atoms with E-state index in [-0.39, 0.29) is 22.6 Å². The smallest absolute Gasteiger partial charge is 0.334 e. The lowest BCUT2D eigenvalue weighted by Crippen LogP contribution is -2.47. The van der Waals surface area contributed by atoms with Crippen LogP contribution in [0.15, 0.2) is 0 Å². The molecule has 8 nitrogen and oxygen atoms in total. The van der Waals surface area contributed by atoms with E-state index in [2.05, 4.69) is 10.4 Å². The second kappa shape index (κ2) is 6.40. The lowest BCUT2D eigenvalue weighted by molar-refractivity contribution is -0.385. The van der Waals surface area contributed by atoms with Gasteiger partial charge in [-0.15, -0.1) is 0 Å². The molecule has 1 atom stereocenters. The fourth-order valence-corrected chi connectivity index (χ4v) is 2.71. The van der Waals surface area contributed by atoms with Crippen molar-refractivity contribution in [2.24, 2.45) is 7.05 Å². The Kier molecular flexibility index (Phi) is 4.79. The van der Waals surface area contributed by atoms with E-state index >= 15 is 0 Å². The Bertz CT molecular complexity index is 512. The summed E-state index contributed by atoms with van der Waals surface area (Å²) in [5, 5.41) is 18.9. The molecule has 8 heteroatoms. The van der Waals surface area contributed by atoms with Crippen LogP contribution < -0.4 is 10.2 Å². The first-order valence-corrected chi connectivity index (χ1v) is 7.18. The molecular formula is C13H23N5O3. The number of aromatic nitrogens is 2. The van der Waals surface area contributed by atoms with Gasteiger partial charge in [-0.2, -0.15) is 5.10 Å². The fourth-order valence-electron chi connectivity index (χ4n) is 2.71. The van der Waals surface area contributed by atoms with Crippen molar-refractivity contribution in [1.29, 1.82) is 0 Å². The molecule has 1 aromatic rings. The summed E-state index contributed by atoms with van der Waals surface area (Å²) in [4.78, 5) is 13.2. The van der Waals surface area contributed by atoms with Crippen molar-refractivity contribution in [1.82, 2.24) is 15.1 Å². The van der Waals surface area contributed by atoms with E-state index in [9.17, 15) is 10.1 Å². The zero-order valence-corrected chi connectivity index (χ0v) is 13.0. The number of ether oxygens (including phenoxy) is 1. The number of hydrogen-bond donors (Lipinski definition) is 1. The van der Waals surface area contributed by atoms with Gasteiger partial charge < -0.3 is 15.0 Å². The van der Waals surface area contributed by atoms with Gasteiger partial charge in [0.25, 0.3) is 0 Å². The minimum absolute atomic E-state index is 0.0134. The van der Waals surface area contributed by atoms with Crippen LogP contribution in [-0.4, -0.2) is 54.1 Å². The second-order valence-corrected chi connectivity index (χ2v) is 5.59. The lowest BCUT2D eigenvalue weighted by Gasteiger charge is -2.33. The monoisotopic (exact) mass is 297 g/mol. The van der Waals surface area contributed by atoms with Crippen LogP contribution in [0.25, 0.3) is 0 Å². The molecule has 0 aromatic carbocycles. The summed E-state index contributed by atoms with van der Waals surface area (Å²) in [5.74, 6) is 0.590. The zero-order valence-electron chi connectivity index (χ0n) is 13.0. The fraction of sp³-hybridized carbons (Fsp3) is 0.769. The third kappa shape index (κ3) is 3.16. The van der Waals surface area contributed by atoms with Crippen LogP contribution in [-0.2, 0) is 11.8 Å². The lowest BCUT2D eigenvalue weighted by atomic mass is 10.1. The first-order chi connectivity index (χ1) is 9.95. The molecule has 0 saturated carbocycles. The molecule has 0 radical (unpaired) electrons. The molecule has 0 spiro atoms. The summed E-state index contributed by atoms with van der Waals surface area (Å²) in [7, 11) is 3.63. The molecule has 1 unspecified atom stereocenters. The van der Waals surface area contributed by atoms with E-state index in [1.807, 2.05) is 25.8 Å². The second-order valence-electron chi connectivity index (χ2n) is 5.59. The Hall–Kier alpha value is -1.67. The Balaban J connectivity index is 2.36. The van der Waals surface area contributed by atoms with E-state index in [4.69, 9.17) is 4.74 Å². The maximum Gasteiger partial charge on any atom is 0.334 e. The number of likely N-dealkylation sites (N-methyl/N-ethyl adjacent to an activating group) is 1. The largest absolute Gasteiger partial charge is 0.373 e. The van der Waals surface area contributed by atoms with Gasteiger partial charge in [0.15, 0.2) is 0 Å². The van der Waals surface area contributed by atoms with Crippen LogP contribution in [0, 0.1) is 10.1 Å². The molecule has 1 fully saturated rings. The van der Waals surface area contributed by atoms with Crippen molar-refractivity contribution in [3.63, 3.8) is 0 Å². The summed E-state index contributed by atoms with van der Waals surface area (Å²) in [6.07, 6.45) is 0.0285. The van der Waals surface area contributed by atoms with Crippen molar-refractivity contribution < 1.29 is 9.66 Å². The number of nitrogens with zero attached hydrogens (tertiary/aromatic N) is 4. The highest BCUT2D eigenvalue weighted by atomic mass is 16.6.